The van der Waals surface area contributed by atoms with Gasteiger partial charge in [0, 0.05) is 25.9 Å². The van der Waals surface area contributed by atoms with Crippen molar-refractivity contribution in [2.24, 2.45) is 0 Å². The molecule has 2 heterocycles. The summed E-state index contributed by atoms with van der Waals surface area (Å²) in [7, 11) is 0. The van der Waals surface area contributed by atoms with E-state index in [4.69, 9.17) is 14.2 Å². The number of carbonyl (C=O) groups excluding carboxylic acids is 1. The van der Waals surface area contributed by atoms with Crippen LogP contribution in [-0.4, -0.2) is 49.5 Å². The highest BCUT2D eigenvalue weighted by Gasteiger charge is 2.39. The number of rotatable bonds is 3. The summed E-state index contributed by atoms with van der Waals surface area (Å²) in [6.07, 6.45) is 2.41. The largest absolute Gasteiger partial charge is 0.493 e. The van der Waals surface area contributed by atoms with Gasteiger partial charge >= 0.3 is 0 Å². The highest BCUT2D eigenvalue weighted by Crippen LogP contribution is 2.32. The van der Waals surface area contributed by atoms with Crippen LogP contribution in [0.2, 0.25) is 0 Å². The molecule has 1 aromatic rings. The van der Waals surface area contributed by atoms with Gasteiger partial charge in [-0.2, -0.15) is 0 Å². The van der Waals surface area contributed by atoms with E-state index >= 15 is 0 Å². The van der Waals surface area contributed by atoms with Gasteiger partial charge < -0.3 is 19.1 Å². The first-order chi connectivity index (χ1) is 10.7. The van der Waals surface area contributed by atoms with E-state index < -0.39 is 5.79 Å². The third-order valence-electron chi connectivity index (χ3n) is 4.25. The Hall–Kier alpha value is -1.59. The van der Waals surface area contributed by atoms with Crippen LogP contribution in [0.15, 0.2) is 24.3 Å². The number of para-hydroxylation sites is 1. The minimum absolute atomic E-state index is 0.0229. The van der Waals surface area contributed by atoms with Crippen LogP contribution >= 0.6 is 0 Å². The lowest BCUT2D eigenvalue weighted by molar-refractivity contribution is -0.281. The molecule has 2 aliphatic rings. The van der Waals surface area contributed by atoms with E-state index in [1.54, 1.807) is 0 Å². The molecule has 0 bridgehead atoms. The molecule has 120 valence electrons. The number of amides is 1. The van der Waals surface area contributed by atoms with Crippen LogP contribution < -0.4 is 4.74 Å². The van der Waals surface area contributed by atoms with E-state index in [2.05, 4.69) is 0 Å². The summed E-state index contributed by atoms with van der Waals surface area (Å²) in [6, 6.07) is 7.42. The van der Waals surface area contributed by atoms with Gasteiger partial charge in [-0.05, 0) is 25.5 Å². The van der Waals surface area contributed by atoms with Crippen LogP contribution in [0.5, 0.6) is 5.75 Å². The van der Waals surface area contributed by atoms with Crippen LogP contribution in [-0.2, 0) is 9.47 Å². The summed E-state index contributed by atoms with van der Waals surface area (Å²) < 4.78 is 17.2. The van der Waals surface area contributed by atoms with Crippen molar-refractivity contribution in [3.8, 4) is 5.75 Å². The zero-order valence-electron chi connectivity index (χ0n) is 13.0. The number of hydrogen-bond acceptors (Lipinski definition) is 4. The van der Waals surface area contributed by atoms with Crippen molar-refractivity contribution in [1.82, 2.24) is 4.90 Å². The number of ether oxygens (including phenoxy) is 3. The van der Waals surface area contributed by atoms with E-state index in [0.717, 1.165) is 32.5 Å². The Balaban J connectivity index is 1.67. The zero-order valence-corrected chi connectivity index (χ0v) is 13.0. The van der Waals surface area contributed by atoms with Gasteiger partial charge in [0.2, 0.25) is 0 Å². The Morgan fingerprint density at radius 1 is 1.23 bits per heavy atom. The van der Waals surface area contributed by atoms with Gasteiger partial charge in [0.05, 0.1) is 25.4 Å². The molecule has 0 saturated carbocycles. The molecule has 1 aromatic carbocycles. The first kappa shape index (κ1) is 15.3. The number of hydrogen-bond donors (Lipinski definition) is 0. The van der Waals surface area contributed by atoms with Gasteiger partial charge in [0.15, 0.2) is 5.79 Å². The number of benzene rings is 1. The van der Waals surface area contributed by atoms with Crippen molar-refractivity contribution < 1.29 is 19.0 Å². The summed E-state index contributed by atoms with van der Waals surface area (Å²) in [6.45, 7) is 5.28. The highest BCUT2D eigenvalue weighted by molar-refractivity contribution is 5.97. The molecule has 5 heteroatoms. The average molecular weight is 305 g/mol. The Morgan fingerprint density at radius 3 is 2.59 bits per heavy atom. The molecule has 5 nitrogen and oxygen atoms in total. The first-order valence-electron chi connectivity index (χ1n) is 8.03. The van der Waals surface area contributed by atoms with Gasteiger partial charge in [-0.15, -0.1) is 0 Å². The molecular formula is C17H23NO4. The molecule has 0 aliphatic carbocycles. The lowest BCUT2D eigenvalue weighted by Crippen LogP contribution is -2.51. The standard InChI is InChI=1S/C17H23NO4/c1-2-20-15-7-4-3-6-14(15)16(19)18-10-8-17(9-11-18)21-12-5-13-22-17/h3-4,6-7H,2,5,8-13H2,1H3. The first-order valence-corrected chi connectivity index (χ1v) is 8.03. The van der Waals surface area contributed by atoms with Crippen LogP contribution in [0.4, 0.5) is 0 Å². The predicted octanol–water partition coefficient (Wildman–Crippen LogP) is 2.45. The Morgan fingerprint density at radius 2 is 1.91 bits per heavy atom. The van der Waals surface area contributed by atoms with E-state index in [1.165, 1.54) is 0 Å². The molecule has 2 saturated heterocycles. The van der Waals surface area contributed by atoms with Crippen molar-refractivity contribution in [3.05, 3.63) is 29.8 Å². The lowest BCUT2D eigenvalue weighted by Gasteiger charge is -2.43. The molecule has 22 heavy (non-hydrogen) atoms. The van der Waals surface area contributed by atoms with Gasteiger partial charge in [-0.25, -0.2) is 0 Å². The fraction of sp³-hybridized carbons (Fsp3) is 0.588. The molecule has 2 fully saturated rings. The maximum atomic E-state index is 12.7. The second-order valence-electron chi connectivity index (χ2n) is 5.68. The monoisotopic (exact) mass is 305 g/mol. The van der Waals surface area contributed by atoms with Gasteiger partial charge in [0.25, 0.3) is 5.91 Å². The SMILES string of the molecule is CCOc1ccccc1C(=O)N1CCC2(CC1)OCCCO2. The van der Waals surface area contributed by atoms with Crippen LogP contribution in [0.25, 0.3) is 0 Å². The van der Waals surface area contributed by atoms with E-state index in [9.17, 15) is 4.79 Å². The van der Waals surface area contributed by atoms with E-state index in [1.807, 2.05) is 36.1 Å². The summed E-state index contributed by atoms with van der Waals surface area (Å²) in [5, 5.41) is 0. The lowest BCUT2D eigenvalue weighted by atomic mass is 10.0. The Bertz CT molecular complexity index is 515. The Labute approximate surface area is 131 Å². The summed E-state index contributed by atoms with van der Waals surface area (Å²) in [4.78, 5) is 14.6. The fourth-order valence-corrected chi connectivity index (χ4v) is 3.05. The second-order valence-corrected chi connectivity index (χ2v) is 5.68. The van der Waals surface area contributed by atoms with Gasteiger partial charge in [0.1, 0.15) is 5.75 Å². The molecule has 1 spiro atoms. The second kappa shape index (κ2) is 6.67. The minimum atomic E-state index is -0.464. The third kappa shape index (κ3) is 3.10. The Kier molecular flexibility index (Phi) is 4.64. The van der Waals surface area contributed by atoms with Crippen molar-refractivity contribution >= 4 is 5.91 Å². The maximum absolute atomic E-state index is 12.7. The van der Waals surface area contributed by atoms with Crippen molar-refractivity contribution in [3.63, 3.8) is 0 Å². The third-order valence-corrected chi connectivity index (χ3v) is 4.25. The van der Waals surface area contributed by atoms with E-state index in [-0.39, 0.29) is 5.91 Å². The molecular weight excluding hydrogens is 282 g/mol. The molecule has 0 radical (unpaired) electrons. The van der Waals surface area contributed by atoms with Crippen molar-refractivity contribution in [2.45, 2.75) is 32.0 Å². The number of piperidine rings is 1. The van der Waals surface area contributed by atoms with Crippen molar-refractivity contribution in [1.29, 1.82) is 0 Å². The number of likely N-dealkylation sites (tertiary alicyclic amines) is 1. The average Bonchev–Trinajstić information content (AvgIpc) is 2.57. The molecule has 3 rings (SSSR count). The molecule has 0 N–H and O–H groups in total. The molecule has 0 unspecified atom stereocenters. The molecule has 0 aromatic heterocycles. The zero-order chi connectivity index (χ0) is 15.4. The van der Waals surface area contributed by atoms with Gasteiger partial charge in [-0.3, -0.25) is 4.79 Å². The van der Waals surface area contributed by atoms with Crippen LogP contribution in [0.1, 0.15) is 36.5 Å². The molecule has 2 aliphatic heterocycles. The minimum Gasteiger partial charge on any atom is -0.493 e. The smallest absolute Gasteiger partial charge is 0.257 e. The summed E-state index contributed by atoms with van der Waals surface area (Å²) in [5.74, 6) is 0.212. The number of nitrogens with zero attached hydrogens (tertiary/aromatic N) is 1. The summed E-state index contributed by atoms with van der Waals surface area (Å²) >= 11 is 0. The predicted molar refractivity (Wildman–Crippen MR) is 82.0 cm³/mol. The van der Waals surface area contributed by atoms with Gasteiger partial charge in [-0.1, -0.05) is 12.1 Å². The molecule has 1 amide bonds. The summed E-state index contributed by atoms with van der Waals surface area (Å²) in [5.41, 5.74) is 0.630. The molecule has 0 atom stereocenters. The van der Waals surface area contributed by atoms with Crippen LogP contribution in [0, 0.1) is 0 Å². The quantitative estimate of drug-likeness (QED) is 0.860. The van der Waals surface area contributed by atoms with E-state index in [0.29, 0.717) is 31.0 Å². The van der Waals surface area contributed by atoms with Crippen LogP contribution in [0.3, 0.4) is 0 Å². The topological polar surface area (TPSA) is 48.0 Å². The van der Waals surface area contributed by atoms with Crippen molar-refractivity contribution in [2.75, 3.05) is 32.9 Å². The normalized spacial score (nSPS) is 20.9. The maximum Gasteiger partial charge on any atom is 0.257 e. The fourth-order valence-electron chi connectivity index (χ4n) is 3.05. The highest BCUT2D eigenvalue weighted by atomic mass is 16.7. The number of carbonyl (C=O) groups is 1.